The molecule has 2 aromatic carbocycles. The van der Waals surface area contributed by atoms with Gasteiger partial charge in [-0.2, -0.15) is 13.2 Å². The molecule has 0 N–H and O–H groups in total. The highest BCUT2D eigenvalue weighted by Crippen LogP contribution is 2.33. The van der Waals surface area contributed by atoms with Gasteiger partial charge in [0, 0.05) is 11.3 Å². The Kier molecular flexibility index (Phi) is 6.98. The van der Waals surface area contributed by atoms with Crippen LogP contribution >= 0.6 is 11.8 Å². The van der Waals surface area contributed by atoms with E-state index in [0.29, 0.717) is 24.3 Å². The Bertz CT molecular complexity index is 904. The maximum Gasteiger partial charge on any atom is 0.416 e. The largest absolute Gasteiger partial charge is 0.416 e. The molecule has 0 atom stereocenters. The van der Waals surface area contributed by atoms with Crippen molar-refractivity contribution < 1.29 is 26.4 Å². The molecule has 2 rings (SSSR count). The van der Waals surface area contributed by atoms with E-state index >= 15 is 0 Å². The summed E-state index contributed by atoms with van der Waals surface area (Å²) in [7, 11) is -4.11. The normalized spacial score (nSPS) is 12.8. The van der Waals surface area contributed by atoms with Crippen molar-refractivity contribution in [3.8, 4) is 0 Å². The lowest BCUT2D eigenvalue weighted by atomic mass is 10.0. The van der Waals surface area contributed by atoms with Gasteiger partial charge in [-0.1, -0.05) is 18.2 Å². The molecule has 0 aromatic heterocycles. The molecule has 152 valence electrons. The zero-order chi connectivity index (χ0) is 21.0. The van der Waals surface area contributed by atoms with Crippen LogP contribution in [0.3, 0.4) is 0 Å². The van der Waals surface area contributed by atoms with E-state index in [2.05, 4.69) is 0 Å². The number of halogens is 3. The standard InChI is InChI=1S/C20H21F3O3S2/c1-19(2,18(24)9-6-14-27-16-7-4-3-5-8-16)28(25,26)17-12-10-15(11-13-17)20(21,22)23/h3-5,7-8,10-13H,6,9,14H2,1-2H3. The molecule has 0 saturated heterocycles. The summed E-state index contributed by atoms with van der Waals surface area (Å²) >= 11 is 1.57. The van der Waals surface area contributed by atoms with Crippen LogP contribution in [0.5, 0.6) is 0 Å². The first-order valence-electron chi connectivity index (χ1n) is 8.59. The number of benzene rings is 2. The molecule has 0 spiro atoms. The van der Waals surface area contributed by atoms with Gasteiger partial charge in [0.25, 0.3) is 0 Å². The molecule has 28 heavy (non-hydrogen) atoms. The van der Waals surface area contributed by atoms with Crippen LogP contribution in [-0.4, -0.2) is 24.7 Å². The Morgan fingerprint density at radius 3 is 2.07 bits per heavy atom. The molecule has 0 aliphatic heterocycles. The first kappa shape index (κ1) is 22.5. The van der Waals surface area contributed by atoms with Crippen molar-refractivity contribution in [3.63, 3.8) is 0 Å². The molecule has 2 aromatic rings. The van der Waals surface area contributed by atoms with Crippen molar-refractivity contribution in [1.82, 2.24) is 0 Å². The van der Waals surface area contributed by atoms with Crippen molar-refractivity contribution in [2.75, 3.05) is 5.75 Å². The van der Waals surface area contributed by atoms with E-state index in [9.17, 15) is 26.4 Å². The summed E-state index contributed by atoms with van der Waals surface area (Å²) in [5.74, 6) is 0.202. The molecular weight excluding hydrogens is 409 g/mol. The highest BCUT2D eigenvalue weighted by Gasteiger charge is 2.42. The van der Waals surface area contributed by atoms with Crippen molar-refractivity contribution in [2.45, 2.75) is 47.4 Å². The second-order valence-corrected chi connectivity index (χ2v) is 10.4. The molecule has 0 bridgehead atoms. The first-order valence-corrected chi connectivity index (χ1v) is 11.1. The third-order valence-corrected chi connectivity index (χ3v) is 7.96. The van der Waals surface area contributed by atoms with Gasteiger partial charge in [0.1, 0.15) is 4.75 Å². The number of sulfone groups is 1. The van der Waals surface area contributed by atoms with Crippen LogP contribution < -0.4 is 0 Å². The van der Waals surface area contributed by atoms with E-state index in [0.717, 1.165) is 17.0 Å². The Hall–Kier alpha value is -1.80. The molecule has 0 aliphatic carbocycles. The molecule has 0 amide bonds. The van der Waals surface area contributed by atoms with E-state index in [1.54, 1.807) is 11.8 Å². The summed E-state index contributed by atoms with van der Waals surface area (Å²) in [4.78, 5) is 13.3. The van der Waals surface area contributed by atoms with Crippen molar-refractivity contribution in [2.24, 2.45) is 0 Å². The number of hydrogen-bond acceptors (Lipinski definition) is 4. The summed E-state index contributed by atoms with van der Waals surface area (Å²) in [5.41, 5.74) is -0.937. The second-order valence-electron chi connectivity index (χ2n) is 6.72. The number of carbonyl (C=O) groups excluding carboxylic acids is 1. The highest BCUT2D eigenvalue weighted by molar-refractivity contribution is 7.99. The molecule has 0 fully saturated rings. The van der Waals surface area contributed by atoms with E-state index in [4.69, 9.17) is 0 Å². The van der Waals surface area contributed by atoms with E-state index in [-0.39, 0.29) is 11.3 Å². The second kappa shape index (κ2) is 8.69. The predicted molar refractivity (Wildman–Crippen MR) is 104 cm³/mol. The lowest BCUT2D eigenvalue weighted by Crippen LogP contribution is -2.40. The topological polar surface area (TPSA) is 51.2 Å². The van der Waals surface area contributed by atoms with E-state index in [1.165, 1.54) is 13.8 Å². The van der Waals surface area contributed by atoms with E-state index in [1.807, 2.05) is 30.3 Å². The quantitative estimate of drug-likeness (QED) is 0.416. The number of alkyl halides is 3. The number of hydrogen-bond donors (Lipinski definition) is 0. The summed E-state index contributed by atoms with van der Waals surface area (Å²) in [6.45, 7) is 2.60. The summed E-state index contributed by atoms with van der Waals surface area (Å²) in [6, 6.07) is 12.9. The number of carbonyl (C=O) groups is 1. The maximum absolute atomic E-state index is 12.8. The van der Waals surface area contributed by atoms with Gasteiger partial charge in [-0.25, -0.2) is 8.42 Å². The first-order chi connectivity index (χ1) is 13.0. The van der Waals surface area contributed by atoms with Crippen LogP contribution in [0, 0.1) is 0 Å². The van der Waals surface area contributed by atoms with Crippen LogP contribution in [0.2, 0.25) is 0 Å². The molecule has 8 heteroatoms. The Morgan fingerprint density at radius 2 is 1.54 bits per heavy atom. The van der Waals surface area contributed by atoms with Crippen LogP contribution in [0.15, 0.2) is 64.4 Å². The lowest BCUT2D eigenvalue weighted by Gasteiger charge is -2.23. The van der Waals surface area contributed by atoms with Crippen molar-refractivity contribution in [1.29, 1.82) is 0 Å². The Morgan fingerprint density at radius 1 is 0.964 bits per heavy atom. The SMILES string of the molecule is CC(C)(C(=O)CCCSc1ccccc1)S(=O)(=O)c1ccc(C(F)(F)F)cc1. The highest BCUT2D eigenvalue weighted by atomic mass is 32.2. The summed E-state index contributed by atoms with van der Waals surface area (Å²) < 4.78 is 61.9. The molecule has 0 unspecified atom stereocenters. The van der Waals surface area contributed by atoms with Gasteiger partial charge in [-0.3, -0.25) is 4.79 Å². The van der Waals surface area contributed by atoms with Gasteiger partial charge in [-0.05, 0) is 62.4 Å². The maximum atomic E-state index is 12.8. The van der Waals surface area contributed by atoms with Crippen LogP contribution in [0.25, 0.3) is 0 Å². The minimum Gasteiger partial charge on any atom is -0.298 e. The fraction of sp³-hybridized carbons (Fsp3) is 0.350. The van der Waals surface area contributed by atoms with Crippen molar-refractivity contribution in [3.05, 3.63) is 60.2 Å². The predicted octanol–water partition coefficient (Wildman–Crippen LogP) is 5.40. The number of thioether (sulfide) groups is 1. The molecule has 0 aliphatic rings. The zero-order valence-electron chi connectivity index (χ0n) is 15.5. The minimum absolute atomic E-state index is 0.0761. The smallest absolute Gasteiger partial charge is 0.298 e. The average molecular weight is 431 g/mol. The van der Waals surface area contributed by atoms with Crippen LogP contribution in [-0.2, 0) is 20.8 Å². The van der Waals surface area contributed by atoms with Crippen LogP contribution in [0.1, 0.15) is 32.3 Å². The number of Topliss-reactive ketones (excluding diaryl/α,β-unsaturated/α-hetero) is 1. The lowest BCUT2D eigenvalue weighted by molar-refractivity contribution is -0.137. The number of ketones is 1. The minimum atomic E-state index is -4.55. The van der Waals surface area contributed by atoms with Gasteiger partial charge >= 0.3 is 6.18 Å². The number of rotatable bonds is 8. The Labute approximate surface area is 167 Å². The average Bonchev–Trinajstić information content (AvgIpc) is 2.65. The molecule has 0 radical (unpaired) electrons. The van der Waals surface area contributed by atoms with Gasteiger partial charge in [-0.15, -0.1) is 11.8 Å². The monoisotopic (exact) mass is 430 g/mol. The Balaban J connectivity index is 2.03. The molecular formula is C20H21F3O3S2. The molecule has 0 saturated carbocycles. The third kappa shape index (κ3) is 5.17. The van der Waals surface area contributed by atoms with E-state index < -0.39 is 32.1 Å². The zero-order valence-corrected chi connectivity index (χ0v) is 17.1. The van der Waals surface area contributed by atoms with Crippen molar-refractivity contribution >= 4 is 27.4 Å². The summed E-state index contributed by atoms with van der Waals surface area (Å²) in [6.07, 6.45) is -3.97. The molecule has 0 heterocycles. The summed E-state index contributed by atoms with van der Waals surface area (Å²) in [5, 5.41) is 0. The van der Waals surface area contributed by atoms with Gasteiger partial charge in [0.2, 0.25) is 0 Å². The van der Waals surface area contributed by atoms with Gasteiger partial charge in [0.05, 0.1) is 10.5 Å². The fourth-order valence-electron chi connectivity index (χ4n) is 2.51. The van der Waals surface area contributed by atoms with Gasteiger partial charge in [0.15, 0.2) is 15.6 Å². The fourth-order valence-corrected chi connectivity index (χ4v) is 4.87. The van der Waals surface area contributed by atoms with Gasteiger partial charge < -0.3 is 0 Å². The van der Waals surface area contributed by atoms with Crippen LogP contribution in [0.4, 0.5) is 13.2 Å². The third-order valence-electron chi connectivity index (χ3n) is 4.40. The molecule has 3 nitrogen and oxygen atoms in total.